The topological polar surface area (TPSA) is 66.2 Å². The fourth-order valence-corrected chi connectivity index (χ4v) is 4.27. The molecule has 0 amide bonds. The minimum atomic E-state index is -4.47. The molecule has 0 saturated carbocycles. The third kappa shape index (κ3) is 5.72. The van der Waals surface area contributed by atoms with E-state index in [0.29, 0.717) is 30.5 Å². The fraction of sp³-hybridized carbons (Fsp3) is 0.304. The summed E-state index contributed by atoms with van der Waals surface area (Å²) >= 11 is 12.3. The summed E-state index contributed by atoms with van der Waals surface area (Å²) in [7, 11) is 0. The number of halogens is 5. The van der Waals surface area contributed by atoms with Gasteiger partial charge in [-0.1, -0.05) is 29.3 Å². The van der Waals surface area contributed by atoms with E-state index < -0.39 is 11.7 Å². The minimum absolute atomic E-state index is 0.0117. The van der Waals surface area contributed by atoms with Crippen LogP contribution in [0.2, 0.25) is 10.0 Å². The van der Waals surface area contributed by atoms with Gasteiger partial charge in [0.05, 0.1) is 47.3 Å². The van der Waals surface area contributed by atoms with E-state index in [1.165, 1.54) is 12.1 Å². The van der Waals surface area contributed by atoms with Gasteiger partial charge in [-0.25, -0.2) is 0 Å². The Morgan fingerprint density at radius 1 is 1.09 bits per heavy atom. The zero-order valence-corrected chi connectivity index (χ0v) is 19.5. The average Bonchev–Trinajstić information content (AvgIpc) is 3.26. The van der Waals surface area contributed by atoms with Crippen LogP contribution < -0.4 is 5.32 Å². The zero-order valence-electron chi connectivity index (χ0n) is 18.0. The Morgan fingerprint density at radius 3 is 2.56 bits per heavy atom. The van der Waals surface area contributed by atoms with Gasteiger partial charge in [-0.15, -0.1) is 0 Å². The first-order valence-corrected chi connectivity index (χ1v) is 11.3. The number of pyridine rings is 1. The van der Waals surface area contributed by atoms with Crippen molar-refractivity contribution in [3.8, 4) is 11.1 Å². The number of hydrogen-bond acceptors (Lipinski definition) is 5. The van der Waals surface area contributed by atoms with Crippen LogP contribution in [0, 0.1) is 0 Å². The van der Waals surface area contributed by atoms with E-state index in [2.05, 4.69) is 26.4 Å². The molecule has 6 nitrogen and oxygen atoms in total. The number of aliphatic hydroxyl groups excluding tert-OH is 1. The number of alkyl halides is 3. The van der Waals surface area contributed by atoms with Gasteiger partial charge in [-0.3, -0.25) is 14.6 Å². The van der Waals surface area contributed by atoms with Gasteiger partial charge in [0.1, 0.15) is 0 Å². The molecule has 2 N–H and O–H groups in total. The van der Waals surface area contributed by atoms with Crippen LogP contribution in [-0.4, -0.2) is 51.1 Å². The smallest absolute Gasteiger partial charge is 0.394 e. The van der Waals surface area contributed by atoms with Crippen LogP contribution in [0.4, 0.5) is 18.9 Å². The van der Waals surface area contributed by atoms with E-state index in [1.807, 2.05) is 12.3 Å². The largest absolute Gasteiger partial charge is 0.417 e. The minimum Gasteiger partial charge on any atom is -0.394 e. The molecule has 0 unspecified atom stereocenters. The molecule has 0 atom stereocenters. The van der Waals surface area contributed by atoms with E-state index in [0.717, 1.165) is 41.4 Å². The maximum atomic E-state index is 12.9. The number of anilines is 1. The van der Waals surface area contributed by atoms with Crippen molar-refractivity contribution in [2.75, 3.05) is 31.7 Å². The highest BCUT2D eigenvalue weighted by molar-refractivity contribution is 6.32. The van der Waals surface area contributed by atoms with Gasteiger partial charge in [-0.2, -0.15) is 18.3 Å². The van der Waals surface area contributed by atoms with Gasteiger partial charge in [0.2, 0.25) is 0 Å². The third-order valence-electron chi connectivity index (χ3n) is 5.52. The summed E-state index contributed by atoms with van der Waals surface area (Å²) in [6.45, 7) is 2.27. The molecule has 1 aliphatic rings. The molecule has 0 spiro atoms. The Labute approximate surface area is 204 Å². The van der Waals surface area contributed by atoms with Crippen molar-refractivity contribution >= 4 is 34.5 Å². The van der Waals surface area contributed by atoms with E-state index in [1.54, 1.807) is 17.1 Å². The molecule has 3 aromatic rings. The second kappa shape index (κ2) is 10.4. The third-order valence-corrected chi connectivity index (χ3v) is 6.12. The van der Waals surface area contributed by atoms with E-state index in [-0.39, 0.29) is 11.6 Å². The van der Waals surface area contributed by atoms with Gasteiger partial charge in [0.25, 0.3) is 0 Å². The Hall–Kier alpha value is -2.59. The number of nitrogens with one attached hydrogen (secondary N) is 1. The number of benzene rings is 1. The second-order valence-electron chi connectivity index (χ2n) is 7.85. The van der Waals surface area contributed by atoms with Gasteiger partial charge in [-0.05, 0) is 36.3 Å². The van der Waals surface area contributed by atoms with Gasteiger partial charge < -0.3 is 10.4 Å². The van der Waals surface area contributed by atoms with Crippen molar-refractivity contribution in [3.05, 3.63) is 70.2 Å². The lowest BCUT2D eigenvalue weighted by atomic mass is 10.0. The molecule has 1 aliphatic heterocycles. The molecule has 0 radical (unpaired) electrons. The van der Waals surface area contributed by atoms with Crippen molar-refractivity contribution in [2.45, 2.75) is 19.1 Å². The van der Waals surface area contributed by atoms with Crippen molar-refractivity contribution in [2.24, 2.45) is 0 Å². The Morgan fingerprint density at radius 2 is 1.91 bits per heavy atom. The Balaban J connectivity index is 1.37. The van der Waals surface area contributed by atoms with E-state index >= 15 is 0 Å². The Kier molecular flexibility index (Phi) is 7.47. The van der Waals surface area contributed by atoms with Gasteiger partial charge in [0, 0.05) is 42.3 Å². The summed E-state index contributed by atoms with van der Waals surface area (Å²) in [6, 6.07) is 5.49. The number of rotatable bonds is 7. The van der Waals surface area contributed by atoms with Crippen LogP contribution in [0.5, 0.6) is 0 Å². The second-order valence-corrected chi connectivity index (χ2v) is 8.67. The lowest BCUT2D eigenvalue weighted by molar-refractivity contribution is -0.137. The molecule has 0 aliphatic carbocycles. The van der Waals surface area contributed by atoms with E-state index in [4.69, 9.17) is 28.3 Å². The molecule has 0 saturated heterocycles. The van der Waals surface area contributed by atoms with Crippen LogP contribution >= 0.6 is 23.2 Å². The highest BCUT2D eigenvalue weighted by Gasteiger charge is 2.33. The summed E-state index contributed by atoms with van der Waals surface area (Å²) in [5, 5.41) is 16.6. The van der Waals surface area contributed by atoms with Gasteiger partial charge in [0.15, 0.2) is 0 Å². The summed E-state index contributed by atoms with van der Waals surface area (Å²) < 4.78 is 40.2. The molecule has 180 valence electrons. The standard InChI is InChI=1S/C23H22Cl2F3N5O/c24-20-10-18(1-2-19(20)23(26,27)28)30-14-32-5-3-15(4-6-32)22-21(25)9-16(11-29-22)17-12-31-33(13-17)7-8-34/h1-3,9-13,30,34H,4-8,14H2. The first-order valence-electron chi connectivity index (χ1n) is 10.6. The molecule has 2 aromatic heterocycles. The maximum absolute atomic E-state index is 12.9. The number of hydrogen-bond donors (Lipinski definition) is 2. The molecule has 3 heterocycles. The van der Waals surface area contributed by atoms with Crippen LogP contribution in [0.3, 0.4) is 0 Å². The molecule has 0 bridgehead atoms. The van der Waals surface area contributed by atoms with Crippen molar-refractivity contribution in [1.82, 2.24) is 19.7 Å². The monoisotopic (exact) mass is 511 g/mol. The van der Waals surface area contributed by atoms with E-state index in [9.17, 15) is 13.2 Å². The predicted octanol–water partition coefficient (Wildman–Crippen LogP) is 5.42. The average molecular weight is 512 g/mol. The normalized spacial score (nSPS) is 14.8. The molecule has 34 heavy (non-hydrogen) atoms. The first-order chi connectivity index (χ1) is 16.2. The molecule has 1 aromatic carbocycles. The quantitative estimate of drug-likeness (QED) is 0.443. The van der Waals surface area contributed by atoms with Crippen LogP contribution in [-0.2, 0) is 12.7 Å². The molecule has 11 heteroatoms. The van der Waals surface area contributed by atoms with Crippen molar-refractivity contribution < 1.29 is 18.3 Å². The highest BCUT2D eigenvalue weighted by atomic mass is 35.5. The van der Waals surface area contributed by atoms with Crippen LogP contribution in [0.15, 0.2) is 48.9 Å². The zero-order chi connectivity index (χ0) is 24.3. The SMILES string of the molecule is OCCn1cc(-c2cnc(C3=CCN(CNc4ccc(C(F)(F)F)c(Cl)c4)CC3)c(Cl)c2)cn1. The number of nitrogens with zero attached hydrogens (tertiary/aromatic N) is 4. The fourth-order valence-electron chi connectivity index (χ4n) is 3.70. The lowest BCUT2D eigenvalue weighted by Gasteiger charge is -2.27. The molecular weight excluding hydrogens is 490 g/mol. The summed E-state index contributed by atoms with van der Waals surface area (Å²) in [5.41, 5.74) is 3.16. The lowest BCUT2D eigenvalue weighted by Crippen LogP contribution is -2.33. The number of aliphatic hydroxyl groups is 1. The number of aromatic nitrogens is 3. The van der Waals surface area contributed by atoms with Crippen LogP contribution in [0.1, 0.15) is 17.7 Å². The summed E-state index contributed by atoms with van der Waals surface area (Å²) in [4.78, 5) is 6.68. The Bertz CT molecular complexity index is 1200. The van der Waals surface area contributed by atoms with Gasteiger partial charge >= 0.3 is 6.18 Å². The highest BCUT2D eigenvalue weighted by Crippen LogP contribution is 2.36. The molecular formula is C23H22Cl2F3N5O. The predicted molar refractivity (Wildman–Crippen MR) is 127 cm³/mol. The first kappa shape index (κ1) is 24.5. The maximum Gasteiger partial charge on any atom is 0.417 e. The van der Waals surface area contributed by atoms with Crippen LogP contribution in [0.25, 0.3) is 16.7 Å². The molecule has 0 fully saturated rings. The van der Waals surface area contributed by atoms with Crippen molar-refractivity contribution in [1.29, 1.82) is 0 Å². The molecule has 4 rings (SSSR count). The summed E-state index contributed by atoms with van der Waals surface area (Å²) in [6.07, 6.45) is 3.60. The van der Waals surface area contributed by atoms with Crippen molar-refractivity contribution in [3.63, 3.8) is 0 Å². The summed E-state index contributed by atoms with van der Waals surface area (Å²) in [5.74, 6) is 0.